The summed E-state index contributed by atoms with van der Waals surface area (Å²) in [6.45, 7) is 0.693. The van der Waals surface area contributed by atoms with E-state index < -0.39 is 0 Å². The number of nitrogen functional groups attached to an aromatic ring is 1. The molecular formula is C9H12N6OS. The predicted molar refractivity (Wildman–Crippen MR) is 63.3 cm³/mol. The summed E-state index contributed by atoms with van der Waals surface area (Å²) in [6, 6.07) is 0. The van der Waals surface area contributed by atoms with Crippen molar-refractivity contribution >= 4 is 23.2 Å². The number of carbonyl (C=O) groups excluding carboxylic acids is 1. The van der Waals surface area contributed by atoms with E-state index in [1.54, 1.807) is 17.5 Å². The molecule has 0 aliphatic carbocycles. The number of carbonyl (C=O) groups is 1. The molecule has 17 heavy (non-hydrogen) atoms. The van der Waals surface area contributed by atoms with Gasteiger partial charge in [0.15, 0.2) is 0 Å². The smallest absolute Gasteiger partial charge is 0.241 e. The lowest BCUT2D eigenvalue weighted by molar-refractivity contribution is -0.121. The molecule has 2 rings (SSSR count). The minimum atomic E-state index is -0.119. The molecule has 0 bridgehead atoms. The Bertz CT molecular complexity index is 479. The van der Waals surface area contributed by atoms with Crippen LogP contribution >= 0.6 is 11.3 Å². The maximum atomic E-state index is 11.5. The first kappa shape index (κ1) is 11.5. The van der Waals surface area contributed by atoms with Gasteiger partial charge in [-0.05, 0) is 0 Å². The average molecular weight is 252 g/mol. The highest BCUT2D eigenvalue weighted by Crippen LogP contribution is 2.03. The third-order valence-corrected chi connectivity index (χ3v) is 2.84. The van der Waals surface area contributed by atoms with Gasteiger partial charge in [-0.3, -0.25) is 4.79 Å². The van der Waals surface area contributed by atoms with Crippen LogP contribution in [0.4, 0.5) is 5.95 Å². The molecule has 0 saturated carbocycles. The van der Waals surface area contributed by atoms with E-state index in [4.69, 9.17) is 5.73 Å². The minimum Gasteiger partial charge on any atom is -0.367 e. The lowest BCUT2D eigenvalue weighted by Gasteiger charge is -2.03. The average Bonchev–Trinajstić information content (AvgIpc) is 2.90. The van der Waals surface area contributed by atoms with Gasteiger partial charge >= 0.3 is 0 Å². The summed E-state index contributed by atoms with van der Waals surface area (Å²) in [5.74, 6) is 0.0482. The van der Waals surface area contributed by atoms with Gasteiger partial charge in [0.05, 0.1) is 5.01 Å². The van der Waals surface area contributed by atoms with Crippen LogP contribution in [0.15, 0.2) is 17.9 Å². The normalized spacial score (nSPS) is 10.4. The predicted octanol–water partition coefficient (Wildman–Crippen LogP) is -0.324. The van der Waals surface area contributed by atoms with E-state index in [1.807, 2.05) is 5.38 Å². The SMILES string of the molecule is Nc1ncn(CC(=O)NCCc2nccs2)n1. The number of nitrogens with zero attached hydrogens (tertiary/aromatic N) is 4. The van der Waals surface area contributed by atoms with E-state index in [0.29, 0.717) is 6.54 Å². The standard InChI is InChI=1S/C9H12N6OS/c10-9-13-6-15(14-9)5-7(16)11-2-1-8-12-3-4-17-8/h3-4,6H,1-2,5H2,(H2,10,14)(H,11,16). The fourth-order valence-electron chi connectivity index (χ4n) is 1.27. The van der Waals surface area contributed by atoms with Crippen molar-refractivity contribution in [3.63, 3.8) is 0 Å². The summed E-state index contributed by atoms with van der Waals surface area (Å²) in [4.78, 5) is 19.3. The van der Waals surface area contributed by atoms with E-state index in [1.165, 1.54) is 11.0 Å². The van der Waals surface area contributed by atoms with Gasteiger partial charge in [0, 0.05) is 24.5 Å². The number of rotatable bonds is 5. The molecule has 0 aliphatic rings. The first-order chi connectivity index (χ1) is 8.24. The Hall–Kier alpha value is -1.96. The minimum absolute atomic E-state index is 0.119. The molecule has 90 valence electrons. The highest BCUT2D eigenvalue weighted by atomic mass is 32.1. The summed E-state index contributed by atoms with van der Waals surface area (Å²) in [5.41, 5.74) is 5.34. The lowest BCUT2D eigenvalue weighted by atomic mass is 10.4. The van der Waals surface area contributed by atoms with Crippen molar-refractivity contribution in [2.45, 2.75) is 13.0 Å². The maximum Gasteiger partial charge on any atom is 0.241 e. The molecule has 1 amide bonds. The van der Waals surface area contributed by atoms with Gasteiger partial charge < -0.3 is 11.1 Å². The van der Waals surface area contributed by atoms with Crippen LogP contribution in [0.25, 0.3) is 0 Å². The molecule has 0 atom stereocenters. The topological polar surface area (TPSA) is 98.7 Å². The Morgan fingerprint density at radius 2 is 2.41 bits per heavy atom. The molecule has 0 aromatic carbocycles. The zero-order valence-corrected chi connectivity index (χ0v) is 9.85. The molecule has 0 spiro atoms. The summed E-state index contributed by atoms with van der Waals surface area (Å²) in [6.07, 6.45) is 3.92. The second-order valence-electron chi connectivity index (χ2n) is 3.33. The molecule has 2 heterocycles. The highest BCUT2D eigenvalue weighted by Gasteiger charge is 2.04. The second-order valence-corrected chi connectivity index (χ2v) is 4.31. The van der Waals surface area contributed by atoms with Gasteiger partial charge in [0.25, 0.3) is 0 Å². The van der Waals surface area contributed by atoms with Crippen LogP contribution in [-0.4, -0.2) is 32.2 Å². The van der Waals surface area contributed by atoms with Crippen molar-refractivity contribution in [1.82, 2.24) is 25.1 Å². The first-order valence-corrected chi connectivity index (χ1v) is 5.92. The number of hydrogen-bond acceptors (Lipinski definition) is 6. The van der Waals surface area contributed by atoms with Gasteiger partial charge in [0.2, 0.25) is 11.9 Å². The van der Waals surface area contributed by atoms with Crippen LogP contribution in [0.3, 0.4) is 0 Å². The van der Waals surface area contributed by atoms with E-state index >= 15 is 0 Å². The van der Waals surface area contributed by atoms with Gasteiger partial charge in [0.1, 0.15) is 12.9 Å². The third kappa shape index (κ3) is 3.52. The number of amides is 1. The number of hydrogen-bond donors (Lipinski definition) is 2. The van der Waals surface area contributed by atoms with E-state index in [-0.39, 0.29) is 18.4 Å². The number of aromatic nitrogens is 4. The molecule has 0 unspecified atom stereocenters. The van der Waals surface area contributed by atoms with Crippen LogP contribution in [0, 0.1) is 0 Å². The lowest BCUT2D eigenvalue weighted by Crippen LogP contribution is -2.29. The Labute approximate surface area is 102 Å². The Kier molecular flexibility index (Phi) is 3.66. The van der Waals surface area contributed by atoms with Gasteiger partial charge in [-0.2, -0.15) is 0 Å². The summed E-state index contributed by atoms with van der Waals surface area (Å²) in [7, 11) is 0. The molecule has 8 heteroatoms. The number of anilines is 1. The zero-order valence-electron chi connectivity index (χ0n) is 9.04. The number of nitrogens with two attached hydrogens (primary N) is 1. The van der Waals surface area contributed by atoms with Crippen LogP contribution in [-0.2, 0) is 17.8 Å². The highest BCUT2D eigenvalue weighted by molar-refractivity contribution is 7.09. The van der Waals surface area contributed by atoms with Crippen molar-refractivity contribution < 1.29 is 4.79 Å². The summed E-state index contributed by atoms with van der Waals surface area (Å²) in [5, 5.41) is 9.52. The van der Waals surface area contributed by atoms with Crippen LogP contribution in [0.2, 0.25) is 0 Å². The van der Waals surface area contributed by atoms with E-state index in [9.17, 15) is 4.79 Å². The quantitative estimate of drug-likeness (QED) is 0.759. The largest absolute Gasteiger partial charge is 0.367 e. The first-order valence-electron chi connectivity index (χ1n) is 5.04. The fraction of sp³-hybridized carbons (Fsp3) is 0.333. The summed E-state index contributed by atoms with van der Waals surface area (Å²) < 4.78 is 1.40. The molecule has 0 fully saturated rings. The van der Waals surface area contributed by atoms with Crippen LogP contribution < -0.4 is 11.1 Å². The summed E-state index contributed by atoms with van der Waals surface area (Å²) >= 11 is 1.58. The van der Waals surface area contributed by atoms with Gasteiger partial charge in [-0.25, -0.2) is 14.6 Å². The molecule has 7 nitrogen and oxygen atoms in total. The third-order valence-electron chi connectivity index (χ3n) is 2.00. The van der Waals surface area contributed by atoms with Crippen LogP contribution in [0.1, 0.15) is 5.01 Å². The van der Waals surface area contributed by atoms with Gasteiger partial charge in [-0.15, -0.1) is 16.4 Å². The Morgan fingerprint density at radius 3 is 3.06 bits per heavy atom. The van der Waals surface area contributed by atoms with Crippen molar-refractivity contribution in [3.05, 3.63) is 22.9 Å². The Balaban J connectivity index is 1.71. The second kappa shape index (κ2) is 5.39. The number of thiazole rings is 1. The van der Waals surface area contributed by atoms with Crippen LogP contribution in [0.5, 0.6) is 0 Å². The molecule has 3 N–H and O–H groups in total. The molecule has 0 radical (unpaired) electrons. The fourth-order valence-corrected chi connectivity index (χ4v) is 1.89. The van der Waals surface area contributed by atoms with Crippen molar-refractivity contribution in [2.75, 3.05) is 12.3 Å². The van der Waals surface area contributed by atoms with Crippen molar-refractivity contribution in [1.29, 1.82) is 0 Å². The molecule has 0 aliphatic heterocycles. The van der Waals surface area contributed by atoms with Gasteiger partial charge in [-0.1, -0.05) is 0 Å². The monoisotopic (exact) mass is 252 g/mol. The van der Waals surface area contributed by atoms with Crippen molar-refractivity contribution in [2.24, 2.45) is 0 Å². The van der Waals surface area contributed by atoms with E-state index in [2.05, 4.69) is 20.4 Å². The molecular weight excluding hydrogens is 240 g/mol. The molecule has 2 aromatic heterocycles. The Morgan fingerprint density at radius 1 is 1.53 bits per heavy atom. The molecule has 0 saturated heterocycles. The number of nitrogens with one attached hydrogen (secondary N) is 1. The maximum absolute atomic E-state index is 11.5. The van der Waals surface area contributed by atoms with Crippen molar-refractivity contribution in [3.8, 4) is 0 Å². The van der Waals surface area contributed by atoms with E-state index in [0.717, 1.165) is 11.4 Å². The molecule has 2 aromatic rings. The zero-order chi connectivity index (χ0) is 12.1.